The van der Waals surface area contributed by atoms with E-state index in [0.717, 1.165) is 5.82 Å². The standard InChI is InChI=1S/C8H9N3/c1-7-2-3-10-8-6-9-4-5-11(7)8/h2-6,9H,1H3. The van der Waals surface area contributed by atoms with Crippen LogP contribution in [0.3, 0.4) is 0 Å². The van der Waals surface area contributed by atoms with E-state index in [2.05, 4.69) is 17.2 Å². The Bertz CT molecular complexity index is 284. The Balaban J connectivity index is 2.37. The highest BCUT2D eigenvalue weighted by molar-refractivity contribution is 5.74. The molecule has 0 saturated carbocycles. The number of rotatable bonds is 0. The maximum atomic E-state index is 4.17. The van der Waals surface area contributed by atoms with Crippen molar-refractivity contribution in [3.63, 3.8) is 0 Å². The zero-order valence-corrected chi connectivity index (χ0v) is 6.28. The van der Waals surface area contributed by atoms with Crippen LogP contribution in [0.15, 0.2) is 41.2 Å². The Kier molecular flexibility index (Phi) is 1.28. The van der Waals surface area contributed by atoms with Gasteiger partial charge in [-0.25, -0.2) is 4.99 Å². The second kappa shape index (κ2) is 2.27. The van der Waals surface area contributed by atoms with Crippen LogP contribution >= 0.6 is 0 Å². The van der Waals surface area contributed by atoms with E-state index in [0.29, 0.717) is 0 Å². The van der Waals surface area contributed by atoms with Gasteiger partial charge in [0.1, 0.15) is 0 Å². The van der Waals surface area contributed by atoms with E-state index >= 15 is 0 Å². The van der Waals surface area contributed by atoms with Crippen molar-refractivity contribution < 1.29 is 0 Å². The van der Waals surface area contributed by atoms with Crippen molar-refractivity contribution in [3.8, 4) is 0 Å². The van der Waals surface area contributed by atoms with Crippen LogP contribution < -0.4 is 5.32 Å². The molecule has 0 aromatic carbocycles. The van der Waals surface area contributed by atoms with Gasteiger partial charge in [-0.2, -0.15) is 0 Å². The molecule has 2 rings (SSSR count). The highest BCUT2D eigenvalue weighted by atomic mass is 15.2. The van der Waals surface area contributed by atoms with Gasteiger partial charge >= 0.3 is 0 Å². The molecule has 0 unspecified atom stereocenters. The van der Waals surface area contributed by atoms with Crippen LogP contribution in [0, 0.1) is 0 Å². The lowest BCUT2D eigenvalue weighted by Gasteiger charge is -2.25. The molecule has 0 fully saturated rings. The maximum absolute atomic E-state index is 4.17. The molecule has 3 heteroatoms. The number of fused-ring (bicyclic) bond motifs is 1. The van der Waals surface area contributed by atoms with E-state index in [9.17, 15) is 0 Å². The number of nitrogens with zero attached hydrogens (tertiary/aromatic N) is 2. The minimum Gasteiger partial charge on any atom is -0.363 e. The summed E-state index contributed by atoms with van der Waals surface area (Å²) in [5.41, 5.74) is 1.18. The Labute approximate surface area is 65.4 Å². The molecule has 11 heavy (non-hydrogen) atoms. The van der Waals surface area contributed by atoms with Gasteiger partial charge in [-0.3, -0.25) is 0 Å². The maximum Gasteiger partial charge on any atom is 0.153 e. The fourth-order valence-corrected chi connectivity index (χ4v) is 1.09. The minimum atomic E-state index is 0.938. The van der Waals surface area contributed by atoms with Crippen LogP contribution in [0.1, 0.15) is 6.92 Å². The van der Waals surface area contributed by atoms with E-state index in [1.165, 1.54) is 5.70 Å². The molecule has 0 spiro atoms. The molecule has 0 amide bonds. The van der Waals surface area contributed by atoms with Gasteiger partial charge in [0, 0.05) is 30.5 Å². The number of hydrogen-bond donors (Lipinski definition) is 1. The first-order chi connectivity index (χ1) is 5.38. The molecule has 3 nitrogen and oxygen atoms in total. The van der Waals surface area contributed by atoms with Gasteiger partial charge in [-0.05, 0) is 13.0 Å². The van der Waals surface area contributed by atoms with Gasteiger partial charge in [-0.15, -0.1) is 0 Å². The molecular weight excluding hydrogens is 138 g/mol. The lowest BCUT2D eigenvalue weighted by Crippen LogP contribution is -2.21. The molecule has 56 valence electrons. The number of allylic oxidation sites excluding steroid dienone is 2. The van der Waals surface area contributed by atoms with Crippen molar-refractivity contribution in [2.24, 2.45) is 4.99 Å². The first kappa shape index (κ1) is 6.22. The molecular formula is C8H9N3. The summed E-state index contributed by atoms with van der Waals surface area (Å²) in [5, 5.41) is 2.98. The second-order valence-electron chi connectivity index (χ2n) is 2.44. The van der Waals surface area contributed by atoms with E-state index in [1.807, 2.05) is 29.6 Å². The van der Waals surface area contributed by atoms with E-state index in [-0.39, 0.29) is 0 Å². The summed E-state index contributed by atoms with van der Waals surface area (Å²) in [7, 11) is 0. The molecule has 0 aromatic rings. The smallest absolute Gasteiger partial charge is 0.153 e. The molecule has 2 aliphatic rings. The van der Waals surface area contributed by atoms with Crippen LogP contribution in [0.2, 0.25) is 0 Å². The van der Waals surface area contributed by atoms with Crippen LogP contribution in [-0.4, -0.2) is 11.1 Å². The summed E-state index contributed by atoms with van der Waals surface area (Å²) in [4.78, 5) is 6.20. The van der Waals surface area contributed by atoms with Crippen molar-refractivity contribution >= 4 is 6.21 Å². The first-order valence-electron chi connectivity index (χ1n) is 3.51. The molecule has 2 heterocycles. The third-order valence-electron chi connectivity index (χ3n) is 1.68. The third kappa shape index (κ3) is 0.941. The Hall–Kier alpha value is -1.51. The summed E-state index contributed by atoms with van der Waals surface area (Å²) < 4.78 is 0. The van der Waals surface area contributed by atoms with Crippen molar-refractivity contribution in [3.05, 3.63) is 36.2 Å². The van der Waals surface area contributed by atoms with Crippen LogP contribution in [0.5, 0.6) is 0 Å². The van der Waals surface area contributed by atoms with Crippen molar-refractivity contribution in [2.75, 3.05) is 0 Å². The average Bonchev–Trinajstić information content (AvgIpc) is 2.06. The largest absolute Gasteiger partial charge is 0.363 e. The summed E-state index contributed by atoms with van der Waals surface area (Å²) in [6, 6.07) is 0. The monoisotopic (exact) mass is 147 g/mol. The normalized spacial score (nSPS) is 20.3. The predicted octanol–water partition coefficient (Wildman–Crippen LogP) is 1.15. The number of hydrogen-bond acceptors (Lipinski definition) is 3. The molecule has 2 aliphatic heterocycles. The third-order valence-corrected chi connectivity index (χ3v) is 1.68. The van der Waals surface area contributed by atoms with Crippen LogP contribution in [-0.2, 0) is 0 Å². The van der Waals surface area contributed by atoms with E-state index in [4.69, 9.17) is 0 Å². The first-order valence-corrected chi connectivity index (χ1v) is 3.51. The zero-order valence-electron chi connectivity index (χ0n) is 6.28. The fraction of sp³-hybridized carbons (Fsp3) is 0.125. The van der Waals surface area contributed by atoms with E-state index in [1.54, 1.807) is 6.21 Å². The van der Waals surface area contributed by atoms with Gasteiger partial charge in [-0.1, -0.05) is 0 Å². The molecule has 0 aliphatic carbocycles. The van der Waals surface area contributed by atoms with Crippen molar-refractivity contribution in [1.82, 2.24) is 10.2 Å². The lowest BCUT2D eigenvalue weighted by atomic mass is 10.3. The molecule has 0 atom stereocenters. The molecule has 0 saturated heterocycles. The summed E-state index contributed by atoms with van der Waals surface area (Å²) in [6.45, 7) is 2.05. The lowest BCUT2D eigenvalue weighted by molar-refractivity contribution is 0.545. The molecule has 0 bridgehead atoms. The number of nitrogens with one attached hydrogen (secondary N) is 1. The Morgan fingerprint density at radius 3 is 3.27 bits per heavy atom. The molecule has 0 radical (unpaired) electrons. The highest BCUT2D eigenvalue weighted by Crippen LogP contribution is 2.18. The second-order valence-corrected chi connectivity index (χ2v) is 2.44. The van der Waals surface area contributed by atoms with Crippen LogP contribution in [0.25, 0.3) is 0 Å². The highest BCUT2D eigenvalue weighted by Gasteiger charge is 2.11. The van der Waals surface area contributed by atoms with Gasteiger partial charge < -0.3 is 10.2 Å². The topological polar surface area (TPSA) is 27.6 Å². The van der Waals surface area contributed by atoms with Gasteiger partial charge in [0.2, 0.25) is 0 Å². The zero-order chi connectivity index (χ0) is 7.68. The Morgan fingerprint density at radius 1 is 1.55 bits per heavy atom. The minimum absolute atomic E-state index is 0.938. The number of aliphatic imine (C=N–C) groups is 1. The van der Waals surface area contributed by atoms with Crippen LogP contribution in [0.4, 0.5) is 0 Å². The summed E-state index contributed by atoms with van der Waals surface area (Å²) in [5.74, 6) is 0.938. The fourth-order valence-electron chi connectivity index (χ4n) is 1.09. The quantitative estimate of drug-likeness (QED) is 0.556. The predicted molar refractivity (Wildman–Crippen MR) is 44.4 cm³/mol. The Morgan fingerprint density at radius 2 is 2.45 bits per heavy atom. The van der Waals surface area contributed by atoms with Crippen molar-refractivity contribution in [2.45, 2.75) is 6.92 Å². The van der Waals surface area contributed by atoms with E-state index < -0.39 is 0 Å². The summed E-state index contributed by atoms with van der Waals surface area (Å²) in [6.07, 6.45) is 9.48. The molecule has 0 aromatic heterocycles. The average molecular weight is 147 g/mol. The summed E-state index contributed by atoms with van der Waals surface area (Å²) >= 11 is 0. The molecule has 1 N–H and O–H groups in total. The van der Waals surface area contributed by atoms with Crippen molar-refractivity contribution in [1.29, 1.82) is 0 Å². The van der Waals surface area contributed by atoms with Gasteiger partial charge in [0.05, 0.1) is 0 Å². The SMILES string of the molecule is CC1=CC=NC2=CNC=CN12. The van der Waals surface area contributed by atoms with Gasteiger partial charge in [0.15, 0.2) is 5.82 Å². The van der Waals surface area contributed by atoms with Gasteiger partial charge in [0.25, 0.3) is 0 Å².